The van der Waals surface area contributed by atoms with Crippen LogP contribution in [-0.4, -0.2) is 71.4 Å². The van der Waals surface area contributed by atoms with Gasteiger partial charge in [0.05, 0.1) is 30.0 Å². The number of aliphatic imine (C=N–C) groups is 1. The molecule has 0 aliphatic carbocycles. The van der Waals surface area contributed by atoms with Gasteiger partial charge in [-0.15, -0.1) is 24.0 Å². The van der Waals surface area contributed by atoms with Crippen LogP contribution in [0.3, 0.4) is 0 Å². The fraction of sp³-hybridized carbons (Fsp3) is 0.467. The van der Waals surface area contributed by atoms with Crippen LogP contribution in [0.5, 0.6) is 5.88 Å². The van der Waals surface area contributed by atoms with Crippen LogP contribution in [0.25, 0.3) is 0 Å². The fourth-order valence-corrected chi connectivity index (χ4v) is 3.00. The van der Waals surface area contributed by atoms with Crippen molar-refractivity contribution in [1.29, 1.82) is 0 Å². The molecule has 11 heteroatoms. The molecule has 1 fully saturated rings. The molecule has 3 heterocycles. The zero-order valence-electron chi connectivity index (χ0n) is 14.6. The van der Waals surface area contributed by atoms with Crippen molar-refractivity contribution in [3.05, 3.63) is 28.6 Å². The maximum atomic E-state index is 5.25. The third-order valence-electron chi connectivity index (χ3n) is 3.96. The zero-order valence-corrected chi connectivity index (χ0v) is 18.6. The Kier molecular flexibility index (Phi) is 7.87. The number of H-pyrrole nitrogens is 1. The van der Waals surface area contributed by atoms with Gasteiger partial charge in [0.1, 0.15) is 0 Å². The van der Waals surface area contributed by atoms with Gasteiger partial charge in [0.2, 0.25) is 11.8 Å². The Hall–Kier alpha value is -1.63. The normalized spacial score (nSPS) is 14.8. The fourth-order valence-electron chi connectivity index (χ4n) is 2.65. The molecule has 0 atom stereocenters. The van der Waals surface area contributed by atoms with E-state index in [0.717, 1.165) is 42.3 Å². The maximum Gasteiger partial charge on any atom is 0.232 e. The Balaban J connectivity index is 0.00000243. The van der Waals surface area contributed by atoms with Gasteiger partial charge >= 0.3 is 0 Å². The summed E-state index contributed by atoms with van der Waals surface area (Å²) in [7, 11) is 3.40. The van der Waals surface area contributed by atoms with Crippen LogP contribution in [0.1, 0.15) is 5.69 Å². The van der Waals surface area contributed by atoms with Gasteiger partial charge < -0.3 is 19.9 Å². The maximum absolute atomic E-state index is 5.25. The van der Waals surface area contributed by atoms with E-state index >= 15 is 0 Å². The molecule has 2 aromatic heterocycles. The van der Waals surface area contributed by atoms with Crippen LogP contribution < -0.4 is 15.0 Å². The van der Waals surface area contributed by atoms with Crippen LogP contribution in [0.4, 0.5) is 5.95 Å². The first-order valence-corrected chi connectivity index (χ1v) is 8.76. The number of aromatic amines is 1. The third-order valence-corrected chi connectivity index (χ3v) is 4.51. The average Bonchev–Trinajstić information content (AvgIpc) is 3.17. The minimum Gasteiger partial charge on any atom is -0.480 e. The number of nitrogens with zero attached hydrogens (tertiary/aromatic N) is 6. The van der Waals surface area contributed by atoms with E-state index in [0.29, 0.717) is 18.4 Å². The van der Waals surface area contributed by atoms with Crippen molar-refractivity contribution in [2.75, 3.05) is 45.2 Å². The number of hydrogen-bond donors (Lipinski definition) is 2. The molecule has 0 radical (unpaired) electrons. The van der Waals surface area contributed by atoms with Gasteiger partial charge in [-0.3, -0.25) is 10.1 Å². The smallest absolute Gasteiger partial charge is 0.232 e. The molecule has 26 heavy (non-hydrogen) atoms. The molecule has 1 aliphatic rings. The lowest BCUT2D eigenvalue weighted by Crippen LogP contribution is -2.52. The molecule has 2 aromatic rings. The summed E-state index contributed by atoms with van der Waals surface area (Å²) in [6.45, 7) is 3.97. The first kappa shape index (κ1) is 20.7. The highest BCUT2D eigenvalue weighted by Gasteiger charge is 2.22. The van der Waals surface area contributed by atoms with Gasteiger partial charge in [0.15, 0.2) is 5.96 Å². The predicted molar refractivity (Wildman–Crippen MR) is 114 cm³/mol. The molecule has 1 aliphatic heterocycles. The number of rotatable bonds is 4. The Bertz CT molecular complexity index is 718. The molecular weight excluding hydrogens is 515 g/mol. The standard InChI is InChI=1S/C15H21BrN8O.HI/c1-17-14(18-9-11-3-4-20-22-11)23-5-7-24(8-6-23)15-19-10-12(16)13(21-15)25-2;/h3-4,10H,5-9H2,1-2H3,(H,17,18)(H,20,22);1H. The molecule has 9 nitrogen and oxygen atoms in total. The highest BCUT2D eigenvalue weighted by Crippen LogP contribution is 2.23. The van der Waals surface area contributed by atoms with Gasteiger partial charge in [-0.1, -0.05) is 0 Å². The molecule has 142 valence electrons. The van der Waals surface area contributed by atoms with Gasteiger partial charge in [-0.05, 0) is 22.0 Å². The topological polar surface area (TPSA) is 94.6 Å². The summed E-state index contributed by atoms with van der Waals surface area (Å²) >= 11 is 3.38. The van der Waals surface area contributed by atoms with Crippen molar-refractivity contribution >= 4 is 51.8 Å². The second-order valence-electron chi connectivity index (χ2n) is 5.48. The summed E-state index contributed by atoms with van der Waals surface area (Å²) in [5.74, 6) is 2.10. The monoisotopic (exact) mass is 536 g/mol. The van der Waals surface area contributed by atoms with E-state index in [1.165, 1.54) is 0 Å². The lowest BCUT2D eigenvalue weighted by atomic mass is 10.3. The van der Waals surface area contributed by atoms with E-state index < -0.39 is 0 Å². The van der Waals surface area contributed by atoms with E-state index in [2.05, 4.69) is 56.2 Å². The van der Waals surface area contributed by atoms with Gasteiger partial charge in [0.25, 0.3) is 0 Å². The van der Waals surface area contributed by atoms with Crippen molar-refractivity contribution in [1.82, 2.24) is 30.4 Å². The number of halogens is 2. The third kappa shape index (κ3) is 4.96. The molecule has 0 aromatic carbocycles. The minimum absolute atomic E-state index is 0. The van der Waals surface area contributed by atoms with E-state index in [9.17, 15) is 0 Å². The molecule has 0 saturated carbocycles. The SMILES string of the molecule is CN=C(NCc1ccn[nH]1)N1CCN(c2ncc(Br)c(OC)n2)CC1.I. The lowest BCUT2D eigenvalue weighted by molar-refractivity contribution is 0.366. The summed E-state index contributed by atoms with van der Waals surface area (Å²) < 4.78 is 6.00. The molecule has 0 unspecified atom stereocenters. The molecular formula is C15H22BrIN8O. The summed E-state index contributed by atoms with van der Waals surface area (Å²) in [6, 6.07) is 1.94. The van der Waals surface area contributed by atoms with E-state index in [1.54, 1.807) is 26.6 Å². The number of hydrogen-bond acceptors (Lipinski definition) is 6. The van der Waals surface area contributed by atoms with Crippen LogP contribution in [-0.2, 0) is 6.54 Å². The quantitative estimate of drug-likeness (QED) is 0.347. The van der Waals surface area contributed by atoms with Crippen molar-refractivity contribution in [2.24, 2.45) is 4.99 Å². The first-order chi connectivity index (χ1) is 12.2. The van der Waals surface area contributed by atoms with Crippen LogP contribution >= 0.6 is 39.9 Å². The molecule has 0 amide bonds. The van der Waals surface area contributed by atoms with Gasteiger partial charge in [-0.25, -0.2) is 4.98 Å². The van der Waals surface area contributed by atoms with Crippen molar-refractivity contribution < 1.29 is 4.74 Å². The highest BCUT2D eigenvalue weighted by molar-refractivity contribution is 14.0. The number of anilines is 1. The van der Waals surface area contributed by atoms with E-state index in [1.807, 2.05) is 6.07 Å². The number of guanidine groups is 1. The molecule has 0 bridgehead atoms. The van der Waals surface area contributed by atoms with Gasteiger partial charge in [-0.2, -0.15) is 10.1 Å². The molecule has 0 spiro atoms. The zero-order chi connectivity index (χ0) is 17.6. The second-order valence-corrected chi connectivity index (χ2v) is 6.34. The van der Waals surface area contributed by atoms with Crippen LogP contribution in [0, 0.1) is 0 Å². The predicted octanol–water partition coefficient (Wildman–Crippen LogP) is 1.49. The van der Waals surface area contributed by atoms with Crippen molar-refractivity contribution in [3.8, 4) is 5.88 Å². The van der Waals surface area contributed by atoms with Crippen molar-refractivity contribution in [3.63, 3.8) is 0 Å². The second kappa shape index (κ2) is 9.90. The summed E-state index contributed by atoms with van der Waals surface area (Å²) in [5.41, 5.74) is 1.02. The number of ether oxygens (including phenoxy) is 1. The van der Waals surface area contributed by atoms with Crippen LogP contribution in [0.15, 0.2) is 27.9 Å². The highest BCUT2D eigenvalue weighted by atomic mass is 127. The molecule has 1 saturated heterocycles. The Morgan fingerprint density at radius 2 is 2.15 bits per heavy atom. The summed E-state index contributed by atoms with van der Waals surface area (Å²) in [6.07, 6.45) is 3.46. The first-order valence-electron chi connectivity index (χ1n) is 7.96. The number of aromatic nitrogens is 4. The molecule has 3 rings (SSSR count). The van der Waals surface area contributed by atoms with Gasteiger partial charge in [0, 0.05) is 39.4 Å². The average molecular weight is 537 g/mol. The summed E-state index contributed by atoms with van der Waals surface area (Å²) in [5, 5.41) is 10.2. The van der Waals surface area contributed by atoms with Crippen LogP contribution in [0.2, 0.25) is 0 Å². The number of nitrogens with one attached hydrogen (secondary N) is 2. The Morgan fingerprint density at radius 3 is 2.77 bits per heavy atom. The Labute approximate surface area is 177 Å². The Morgan fingerprint density at radius 1 is 1.38 bits per heavy atom. The number of piperazine rings is 1. The van der Waals surface area contributed by atoms with Crippen molar-refractivity contribution in [2.45, 2.75) is 6.54 Å². The number of methoxy groups -OCH3 is 1. The minimum atomic E-state index is 0. The van der Waals surface area contributed by atoms with E-state index in [-0.39, 0.29) is 24.0 Å². The lowest BCUT2D eigenvalue weighted by Gasteiger charge is -2.36. The summed E-state index contributed by atoms with van der Waals surface area (Å²) in [4.78, 5) is 17.6. The van der Waals surface area contributed by atoms with E-state index in [4.69, 9.17) is 4.74 Å². The largest absolute Gasteiger partial charge is 0.480 e. The molecule has 2 N–H and O–H groups in total.